The van der Waals surface area contributed by atoms with Gasteiger partial charge in [-0.05, 0) is 93.3 Å². The summed E-state index contributed by atoms with van der Waals surface area (Å²) >= 11 is 0. The first-order valence-electron chi connectivity index (χ1n) is 10.9. The molecule has 5 heteroatoms. The molecule has 166 valence electrons. The van der Waals surface area contributed by atoms with Gasteiger partial charge in [-0.2, -0.15) is 5.26 Å². The predicted octanol–water partition coefficient (Wildman–Crippen LogP) is 5.96. The van der Waals surface area contributed by atoms with Crippen LogP contribution in [0.2, 0.25) is 0 Å². The van der Waals surface area contributed by atoms with Crippen LogP contribution in [0.15, 0.2) is 48.0 Å². The fraction of sp³-hybridized carbons (Fsp3) is 0.333. The molecule has 2 aromatic rings. The lowest BCUT2D eigenvalue weighted by atomic mass is 9.86. The predicted molar refractivity (Wildman–Crippen MR) is 132 cm³/mol. The van der Waals surface area contributed by atoms with E-state index in [2.05, 4.69) is 62.2 Å². The monoisotopic (exact) mass is 429 g/mol. The van der Waals surface area contributed by atoms with Crippen molar-refractivity contribution in [1.82, 2.24) is 0 Å². The summed E-state index contributed by atoms with van der Waals surface area (Å²) < 4.78 is 5.14. The Bertz CT molecular complexity index is 1120. The molecular weight excluding hydrogens is 398 g/mol. The molecule has 0 atom stereocenters. The van der Waals surface area contributed by atoms with E-state index in [-0.39, 0.29) is 11.1 Å². The molecule has 1 N–H and O–H groups in total. The topological polar surface area (TPSA) is 65.4 Å². The Balaban J connectivity index is 1.95. The molecule has 1 aliphatic rings. The van der Waals surface area contributed by atoms with Gasteiger partial charge in [-0.3, -0.25) is 4.79 Å². The number of allylic oxidation sites excluding steroid dienone is 1. The normalized spacial score (nSPS) is 14.8. The summed E-state index contributed by atoms with van der Waals surface area (Å²) in [5.41, 5.74) is 6.05. The Morgan fingerprint density at radius 3 is 2.50 bits per heavy atom. The number of hydrogen-bond acceptors (Lipinski definition) is 4. The van der Waals surface area contributed by atoms with Crippen LogP contribution in [-0.2, 0) is 4.79 Å². The number of ether oxygens (including phenoxy) is 1. The third-order valence-electron chi connectivity index (χ3n) is 5.83. The van der Waals surface area contributed by atoms with Crippen LogP contribution in [0.25, 0.3) is 11.6 Å². The van der Waals surface area contributed by atoms with Crippen molar-refractivity contribution < 1.29 is 9.53 Å². The molecule has 1 amide bonds. The van der Waals surface area contributed by atoms with Gasteiger partial charge in [0.1, 0.15) is 17.4 Å². The number of hydrogen-bond donors (Lipinski definition) is 1. The molecule has 3 rings (SSSR count). The van der Waals surface area contributed by atoms with Crippen LogP contribution >= 0.6 is 0 Å². The largest absolute Gasteiger partial charge is 0.497 e. The molecule has 0 spiro atoms. The van der Waals surface area contributed by atoms with Gasteiger partial charge >= 0.3 is 0 Å². The van der Waals surface area contributed by atoms with Crippen molar-refractivity contribution in [2.75, 3.05) is 23.9 Å². The summed E-state index contributed by atoms with van der Waals surface area (Å²) in [5, 5.41) is 12.4. The minimum Gasteiger partial charge on any atom is -0.497 e. The van der Waals surface area contributed by atoms with E-state index in [1.807, 2.05) is 6.92 Å². The number of rotatable bonds is 6. The van der Waals surface area contributed by atoms with Crippen LogP contribution in [0.5, 0.6) is 5.75 Å². The lowest BCUT2D eigenvalue weighted by Gasteiger charge is -2.43. The molecule has 0 aromatic heterocycles. The summed E-state index contributed by atoms with van der Waals surface area (Å²) in [7, 11) is 1.59. The highest BCUT2D eigenvalue weighted by Crippen LogP contribution is 2.40. The first kappa shape index (κ1) is 23.1. The SMILES string of the molecule is CCCN1c2cc(C)c(/C=C(\C#N)C(=O)Nc3ccc(OC)cc3)cc2C(C)=CC1(C)C. The van der Waals surface area contributed by atoms with E-state index < -0.39 is 5.91 Å². The average molecular weight is 430 g/mol. The van der Waals surface area contributed by atoms with Gasteiger partial charge in [0.25, 0.3) is 5.91 Å². The van der Waals surface area contributed by atoms with Crippen molar-refractivity contribution in [3.05, 3.63) is 64.7 Å². The van der Waals surface area contributed by atoms with Crippen LogP contribution in [0.3, 0.4) is 0 Å². The summed E-state index contributed by atoms with van der Waals surface area (Å²) in [6, 6.07) is 13.3. The average Bonchev–Trinajstić information content (AvgIpc) is 2.75. The van der Waals surface area contributed by atoms with Gasteiger partial charge in [-0.15, -0.1) is 0 Å². The Morgan fingerprint density at radius 2 is 1.91 bits per heavy atom. The van der Waals surface area contributed by atoms with Crippen LogP contribution in [0.1, 0.15) is 50.8 Å². The summed E-state index contributed by atoms with van der Waals surface area (Å²) in [5.74, 6) is 0.267. The van der Waals surface area contributed by atoms with Crippen molar-refractivity contribution in [3.63, 3.8) is 0 Å². The standard InChI is InChI=1S/C27H31N3O2/c1-7-12-30-25-13-18(2)20(15-24(25)19(3)16-27(30,4)5)14-21(17-28)26(31)29-22-8-10-23(32-6)11-9-22/h8-11,13-16H,7,12H2,1-6H3,(H,29,31)/b21-14+. The highest BCUT2D eigenvalue weighted by molar-refractivity contribution is 6.09. The highest BCUT2D eigenvalue weighted by atomic mass is 16.5. The van der Waals surface area contributed by atoms with Gasteiger partial charge in [0.05, 0.1) is 12.6 Å². The Kier molecular flexibility index (Phi) is 6.74. The van der Waals surface area contributed by atoms with Crippen molar-refractivity contribution in [1.29, 1.82) is 5.26 Å². The van der Waals surface area contributed by atoms with Crippen LogP contribution in [0.4, 0.5) is 11.4 Å². The smallest absolute Gasteiger partial charge is 0.266 e. The minimum atomic E-state index is -0.434. The molecule has 1 aliphatic heterocycles. The maximum absolute atomic E-state index is 12.7. The Labute approximate surface area is 191 Å². The number of amides is 1. The zero-order valence-corrected chi connectivity index (χ0v) is 19.7. The zero-order valence-electron chi connectivity index (χ0n) is 19.7. The first-order valence-corrected chi connectivity index (χ1v) is 10.9. The molecule has 0 radical (unpaired) electrons. The van der Waals surface area contributed by atoms with Crippen molar-refractivity contribution in [3.8, 4) is 11.8 Å². The van der Waals surface area contributed by atoms with Gasteiger partial charge in [0, 0.05) is 23.5 Å². The van der Waals surface area contributed by atoms with Crippen LogP contribution in [-0.4, -0.2) is 25.1 Å². The van der Waals surface area contributed by atoms with Gasteiger partial charge in [-0.25, -0.2) is 0 Å². The number of anilines is 2. The second kappa shape index (κ2) is 9.32. The molecule has 0 fully saturated rings. The second-order valence-electron chi connectivity index (χ2n) is 8.71. The van der Waals surface area contributed by atoms with Crippen molar-refractivity contribution in [2.45, 2.75) is 46.6 Å². The van der Waals surface area contributed by atoms with Crippen LogP contribution < -0.4 is 15.0 Å². The molecule has 2 aromatic carbocycles. The van der Waals surface area contributed by atoms with E-state index in [0.717, 1.165) is 29.7 Å². The Hall–Kier alpha value is -3.52. The number of fused-ring (bicyclic) bond motifs is 1. The number of nitrogens with zero attached hydrogens (tertiary/aromatic N) is 2. The summed E-state index contributed by atoms with van der Waals surface area (Å²) in [6.45, 7) is 11.8. The minimum absolute atomic E-state index is 0.0621. The lowest BCUT2D eigenvalue weighted by molar-refractivity contribution is -0.112. The number of nitriles is 1. The van der Waals surface area contributed by atoms with Crippen LogP contribution in [0, 0.1) is 18.3 Å². The quantitative estimate of drug-likeness (QED) is 0.454. The number of carbonyl (C=O) groups excluding carboxylic acids is 1. The van der Waals surface area contributed by atoms with Gasteiger partial charge in [0.2, 0.25) is 0 Å². The van der Waals surface area contributed by atoms with E-state index in [1.54, 1.807) is 37.5 Å². The molecule has 0 saturated carbocycles. The molecule has 32 heavy (non-hydrogen) atoms. The zero-order chi connectivity index (χ0) is 23.5. The lowest BCUT2D eigenvalue weighted by Crippen LogP contribution is -2.45. The van der Waals surface area contributed by atoms with Gasteiger partial charge in [-0.1, -0.05) is 13.0 Å². The molecule has 0 unspecified atom stereocenters. The Morgan fingerprint density at radius 1 is 1.22 bits per heavy atom. The van der Waals surface area contributed by atoms with Crippen molar-refractivity contribution in [2.24, 2.45) is 0 Å². The first-order chi connectivity index (χ1) is 15.2. The summed E-state index contributed by atoms with van der Waals surface area (Å²) in [4.78, 5) is 15.2. The van der Waals surface area contributed by atoms with E-state index in [4.69, 9.17) is 4.74 Å². The van der Waals surface area contributed by atoms with Gasteiger partial charge < -0.3 is 15.0 Å². The second-order valence-corrected chi connectivity index (χ2v) is 8.71. The van der Waals surface area contributed by atoms with E-state index in [1.165, 1.54) is 11.3 Å². The van der Waals surface area contributed by atoms with E-state index in [9.17, 15) is 10.1 Å². The third kappa shape index (κ3) is 4.70. The maximum Gasteiger partial charge on any atom is 0.266 e. The molecule has 5 nitrogen and oxygen atoms in total. The third-order valence-corrected chi connectivity index (χ3v) is 5.83. The molecule has 0 aliphatic carbocycles. The number of benzene rings is 2. The molecule has 0 bridgehead atoms. The number of carbonyl (C=O) groups is 1. The molecule has 1 heterocycles. The maximum atomic E-state index is 12.7. The van der Waals surface area contributed by atoms with E-state index in [0.29, 0.717) is 11.4 Å². The number of nitrogens with one attached hydrogen (secondary N) is 1. The van der Waals surface area contributed by atoms with Crippen molar-refractivity contribution >= 4 is 28.9 Å². The molecular formula is C27H31N3O2. The fourth-order valence-electron chi connectivity index (χ4n) is 4.21. The fourth-order valence-corrected chi connectivity index (χ4v) is 4.21. The highest BCUT2D eigenvalue weighted by Gasteiger charge is 2.31. The van der Waals surface area contributed by atoms with E-state index >= 15 is 0 Å². The van der Waals surface area contributed by atoms with Gasteiger partial charge in [0.15, 0.2) is 0 Å². The number of methoxy groups -OCH3 is 1. The molecule has 0 saturated heterocycles. The summed E-state index contributed by atoms with van der Waals surface area (Å²) in [6.07, 6.45) is 5.02. The number of aryl methyl sites for hydroxylation is 1.